The predicted molar refractivity (Wildman–Crippen MR) is 86.7 cm³/mol. The second-order valence-electron chi connectivity index (χ2n) is 4.16. The summed E-state index contributed by atoms with van der Waals surface area (Å²) in [6.07, 6.45) is 0. The minimum atomic E-state index is 0.628. The quantitative estimate of drug-likeness (QED) is 0.892. The van der Waals surface area contributed by atoms with Crippen LogP contribution in [0.4, 0.5) is 5.69 Å². The minimum absolute atomic E-state index is 0.628. The van der Waals surface area contributed by atoms with Gasteiger partial charge in [0, 0.05) is 38.4 Å². The fraction of sp³-hybridized carbons (Fsp3) is 0.625. The average Bonchev–Trinajstić information content (AvgIpc) is 2.52. The molecule has 2 rings (SSSR count). The fourth-order valence-electron chi connectivity index (χ4n) is 1.91. The molecular formula is C16H31N3. The molecule has 0 atom stereocenters. The monoisotopic (exact) mass is 265 g/mol. The van der Waals surface area contributed by atoms with Crippen molar-refractivity contribution in [3.05, 3.63) is 29.8 Å². The van der Waals surface area contributed by atoms with Crippen LogP contribution in [-0.4, -0.2) is 38.1 Å². The van der Waals surface area contributed by atoms with Gasteiger partial charge in [-0.1, -0.05) is 39.8 Å². The number of nitrogens with zero attached hydrogens (tertiary/aromatic N) is 2. The molecule has 0 unspecified atom stereocenters. The smallest absolute Gasteiger partial charge is 0.0367 e. The van der Waals surface area contributed by atoms with Crippen LogP contribution in [0.5, 0.6) is 0 Å². The number of anilines is 1. The van der Waals surface area contributed by atoms with E-state index < -0.39 is 0 Å². The van der Waals surface area contributed by atoms with Gasteiger partial charge >= 0.3 is 0 Å². The van der Waals surface area contributed by atoms with Gasteiger partial charge in [0.2, 0.25) is 0 Å². The minimum Gasteiger partial charge on any atom is -0.369 e. The van der Waals surface area contributed by atoms with E-state index in [0.717, 1.165) is 26.2 Å². The van der Waals surface area contributed by atoms with E-state index in [2.05, 4.69) is 41.1 Å². The highest BCUT2D eigenvalue weighted by atomic mass is 15.2. The van der Waals surface area contributed by atoms with Crippen molar-refractivity contribution in [3.8, 4) is 0 Å². The van der Waals surface area contributed by atoms with E-state index in [9.17, 15) is 0 Å². The van der Waals surface area contributed by atoms with E-state index >= 15 is 0 Å². The van der Waals surface area contributed by atoms with Crippen LogP contribution < -0.4 is 10.6 Å². The van der Waals surface area contributed by atoms with Crippen molar-refractivity contribution in [2.24, 2.45) is 5.73 Å². The predicted octanol–water partition coefficient (Wildman–Crippen LogP) is 2.95. The molecule has 0 aliphatic carbocycles. The van der Waals surface area contributed by atoms with Crippen LogP contribution in [0.15, 0.2) is 24.3 Å². The van der Waals surface area contributed by atoms with Gasteiger partial charge in [-0.2, -0.15) is 0 Å². The first-order valence-corrected chi connectivity index (χ1v) is 7.52. The first kappa shape index (κ1) is 17.9. The lowest BCUT2D eigenvalue weighted by molar-refractivity contribution is 0.313. The molecule has 110 valence electrons. The van der Waals surface area contributed by atoms with Gasteiger partial charge in [-0.3, -0.25) is 0 Å². The maximum atomic E-state index is 5.58. The second kappa shape index (κ2) is 10.8. The molecule has 0 aromatic heterocycles. The molecule has 1 fully saturated rings. The van der Waals surface area contributed by atoms with Crippen LogP contribution in [0, 0.1) is 0 Å². The van der Waals surface area contributed by atoms with Crippen LogP contribution in [0.25, 0.3) is 0 Å². The van der Waals surface area contributed by atoms with Crippen molar-refractivity contribution in [3.63, 3.8) is 0 Å². The number of nitrogens with two attached hydrogens (primary N) is 1. The standard InChI is InChI=1S/C12H19N3.2C2H6/c1-14-6-8-15(9-7-14)12-4-2-11(10-13)3-5-12;2*1-2/h2-5H,6-10,13H2,1H3;2*1-2H3. The molecule has 0 radical (unpaired) electrons. The number of hydrogen-bond acceptors (Lipinski definition) is 3. The van der Waals surface area contributed by atoms with Gasteiger partial charge < -0.3 is 15.5 Å². The van der Waals surface area contributed by atoms with Crippen LogP contribution in [0.1, 0.15) is 33.3 Å². The van der Waals surface area contributed by atoms with E-state index in [0.29, 0.717) is 6.54 Å². The Morgan fingerprint density at radius 1 is 0.895 bits per heavy atom. The zero-order chi connectivity index (χ0) is 14.7. The molecule has 0 spiro atoms. The number of benzene rings is 1. The normalized spacial score (nSPS) is 14.9. The van der Waals surface area contributed by atoms with Crippen molar-refractivity contribution in [2.75, 3.05) is 38.1 Å². The molecule has 1 aromatic rings. The Morgan fingerprint density at radius 2 is 1.37 bits per heavy atom. The lowest BCUT2D eigenvalue weighted by atomic mass is 10.2. The van der Waals surface area contributed by atoms with Crippen LogP contribution in [-0.2, 0) is 6.54 Å². The molecule has 3 nitrogen and oxygen atoms in total. The van der Waals surface area contributed by atoms with Gasteiger partial charge in [0.05, 0.1) is 0 Å². The Kier molecular flexibility index (Phi) is 10.2. The maximum absolute atomic E-state index is 5.58. The lowest BCUT2D eigenvalue weighted by Crippen LogP contribution is -2.44. The van der Waals surface area contributed by atoms with E-state index in [1.54, 1.807) is 0 Å². The summed E-state index contributed by atoms with van der Waals surface area (Å²) in [7, 11) is 2.18. The van der Waals surface area contributed by atoms with E-state index in [4.69, 9.17) is 5.73 Å². The number of hydrogen-bond donors (Lipinski definition) is 1. The number of likely N-dealkylation sites (N-methyl/N-ethyl adjacent to an activating group) is 1. The summed E-state index contributed by atoms with van der Waals surface area (Å²) in [5.41, 5.74) is 8.10. The third kappa shape index (κ3) is 6.08. The van der Waals surface area contributed by atoms with E-state index in [1.807, 2.05) is 27.7 Å². The topological polar surface area (TPSA) is 32.5 Å². The van der Waals surface area contributed by atoms with E-state index in [-0.39, 0.29) is 0 Å². The molecule has 1 aromatic carbocycles. The molecule has 3 heteroatoms. The number of piperazine rings is 1. The molecule has 19 heavy (non-hydrogen) atoms. The summed E-state index contributed by atoms with van der Waals surface area (Å²) in [5, 5.41) is 0. The zero-order valence-corrected chi connectivity index (χ0v) is 13.3. The van der Waals surface area contributed by atoms with Gasteiger partial charge in [-0.25, -0.2) is 0 Å². The second-order valence-corrected chi connectivity index (χ2v) is 4.16. The third-order valence-electron chi connectivity index (χ3n) is 3.04. The fourth-order valence-corrected chi connectivity index (χ4v) is 1.91. The Balaban J connectivity index is 0.000000741. The molecule has 1 aliphatic rings. The summed E-state index contributed by atoms with van der Waals surface area (Å²) >= 11 is 0. The largest absolute Gasteiger partial charge is 0.369 e. The van der Waals surface area contributed by atoms with E-state index in [1.165, 1.54) is 11.3 Å². The average molecular weight is 265 g/mol. The highest BCUT2D eigenvalue weighted by Gasteiger charge is 2.13. The summed E-state index contributed by atoms with van der Waals surface area (Å²) in [5.74, 6) is 0. The molecule has 0 bridgehead atoms. The first-order valence-electron chi connectivity index (χ1n) is 7.52. The summed E-state index contributed by atoms with van der Waals surface area (Å²) in [6, 6.07) is 8.59. The first-order chi connectivity index (χ1) is 9.29. The highest BCUT2D eigenvalue weighted by molar-refractivity contribution is 5.48. The van der Waals surface area contributed by atoms with Crippen molar-refractivity contribution in [1.82, 2.24) is 4.90 Å². The molecule has 0 amide bonds. The Labute approximate surface area is 119 Å². The van der Waals surface area contributed by atoms with Gasteiger partial charge in [0.15, 0.2) is 0 Å². The van der Waals surface area contributed by atoms with Crippen molar-refractivity contribution >= 4 is 5.69 Å². The zero-order valence-electron chi connectivity index (χ0n) is 13.3. The summed E-state index contributed by atoms with van der Waals surface area (Å²) in [4.78, 5) is 4.80. The van der Waals surface area contributed by atoms with Crippen LogP contribution in [0.2, 0.25) is 0 Å². The van der Waals surface area contributed by atoms with Crippen molar-refractivity contribution in [1.29, 1.82) is 0 Å². The van der Waals surface area contributed by atoms with Gasteiger partial charge in [-0.15, -0.1) is 0 Å². The number of rotatable bonds is 2. The molecular weight excluding hydrogens is 234 g/mol. The van der Waals surface area contributed by atoms with Gasteiger partial charge in [-0.05, 0) is 24.7 Å². The Hall–Kier alpha value is -1.06. The maximum Gasteiger partial charge on any atom is 0.0367 e. The molecule has 0 saturated carbocycles. The molecule has 1 heterocycles. The van der Waals surface area contributed by atoms with Crippen molar-refractivity contribution < 1.29 is 0 Å². The lowest BCUT2D eigenvalue weighted by Gasteiger charge is -2.34. The SMILES string of the molecule is CC.CC.CN1CCN(c2ccc(CN)cc2)CC1. The van der Waals surface area contributed by atoms with Gasteiger partial charge in [0.1, 0.15) is 0 Å². The third-order valence-corrected chi connectivity index (χ3v) is 3.04. The molecule has 2 N–H and O–H groups in total. The molecule has 1 saturated heterocycles. The Morgan fingerprint density at radius 3 is 1.79 bits per heavy atom. The van der Waals surface area contributed by atoms with Crippen molar-refractivity contribution in [2.45, 2.75) is 34.2 Å². The molecule has 1 aliphatic heterocycles. The summed E-state index contributed by atoms with van der Waals surface area (Å²) in [6.45, 7) is 13.2. The van der Waals surface area contributed by atoms with Crippen LogP contribution >= 0.6 is 0 Å². The summed E-state index contributed by atoms with van der Waals surface area (Å²) < 4.78 is 0. The Bertz CT molecular complexity index is 300. The van der Waals surface area contributed by atoms with Crippen LogP contribution in [0.3, 0.4) is 0 Å². The van der Waals surface area contributed by atoms with Gasteiger partial charge in [0.25, 0.3) is 0 Å². The highest BCUT2D eigenvalue weighted by Crippen LogP contribution is 2.16.